The van der Waals surface area contributed by atoms with E-state index < -0.39 is 0 Å². The Bertz CT molecular complexity index is 1060. The number of nitrogens with one attached hydrogen (secondary N) is 1. The summed E-state index contributed by atoms with van der Waals surface area (Å²) in [5.41, 5.74) is 8.01. The van der Waals surface area contributed by atoms with Crippen molar-refractivity contribution in [3.05, 3.63) is 101 Å². The van der Waals surface area contributed by atoms with Crippen LogP contribution in [0.25, 0.3) is 10.1 Å². The first-order valence-corrected chi connectivity index (χ1v) is 9.64. The van der Waals surface area contributed by atoms with Crippen molar-refractivity contribution in [3.63, 3.8) is 0 Å². The monoisotopic (exact) mass is 372 g/mol. The maximum Gasteiger partial charge on any atom is 0.133 e. The lowest BCUT2D eigenvalue weighted by Gasteiger charge is -2.20. The number of fused-ring (bicyclic) bond motifs is 1. The minimum Gasteiger partial charge on any atom is -0.485 e. The van der Waals surface area contributed by atoms with Gasteiger partial charge >= 0.3 is 0 Å². The Morgan fingerprint density at radius 3 is 2.33 bits per heavy atom. The van der Waals surface area contributed by atoms with Crippen molar-refractivity contribution in [1.29, 1.82) is 5.41 Å². The summed E-state index contributed by atoms with van der Waals surface area (Å²) in [5.74, 6) is 0.925. The lowest BCUT2D eigenvalue weighted by molar-refractivity contribution is 0.206. The fourth-order valence-electron chi connectivity index (χ4n) is 3.11. The first-order valence-electron chi connectivity index (χ1n) is 8.82. The molecule has 0 saturated carbocycles. The van der Waals surface area contributed by atoms with Crippen LogP contribution < -0.4 is 10.5 Å². The standard InChI is InChI=1S/C23H20N2OS/c24-23(25)22-14-18-11-12-19(15-21(18)27-22)26-20(17-9-5-2-6-10-17)13-16-7-3-1-4-8-16/h1-12,14-15,20H,13H2,(H3,24,25). The molecule has 0 aliphatic rings. The molecule has 0 bridgehead atoms. The number of benzene rings is 3. The third-order valence-corrected chi connectivity index (χ3v) is 5.60. The van der Waals surface area contributed by atoms with E-state index in [-0.39, 0.29) is 11.9 Å². The second-order valence-corrected chi connectivity index (χ2v) is 7.51. The molecule has 3 N–H and O–H groups in total. The molecule has 4 rings (SSSR count). The van der Waals surface area contributed by atoms with Crippen LogP contribution in [-0.4, -0.2) is 5.84 Å². The van der Waals surface area contributed by atoms with E-state index in [1.807, 2.05) is 48.5 Å². The topological polar surface area (TPSA) is 59.1 Å². The molecule has 3 aromatic carbocycles. The van der Waals surface area contributed by atoms with E-state index in [0.29, 0.717) is 0 Å². The van der Waals surface area contributed by atoms with Gasteiger partial charge in [-0.3, -0.25) is 5.41 Å². The fourth-order valence-corrected chi connectivity index (χ4v) is 4.06. The van der Waals surface area contributed by atoms with Crippen molar-refractivity contribution in [2.45, 2.75) is 12.5 Å². The highest BCUT2D eigenvalue weighted by Gasteiger charge is 2.15. The van der Waals surface area contributed by atoms with Crippen LogP contribution in [0.15, 0.2) is 84.9 Å². The van der Waals surface area contributed by atoms with E-state index in [1.54, 1.807) is 0 Å². The van der Waals surface area contributed by atoms with Crippen molar-refractivity contribution in [3.8, 4) is 5.75 Å². The van der Waals surface area contributed by atoms with Gasteiger partial charge in [-0.15, -0.1) is 11.3 Å². The molecule has 0 amide bonds. The van der Waals surface area contributed by atoms with Crippen molar-refractivity contribution in [1.82, 2.24) is 0 Å². The number of thiophene rings is 1. The molecule has 0 radical (unpaired) electrons. The molecule has 0 saturated heterocycles. The smallest absolute Gasteiger partial charge is 0.133 e. The van der Waals surface area contributed by atoms with Crippen molar-refractivity contribution in [2.24, 2.45) is 5.73 Å². The summed E-state index contributed by atoms with van der Waals surface area (Å²) in [5, 5.41) is 8.71. The lowest BCUT2D eigenvalue weighted by Crippen LogP contribution is -2.10. The van der Waals surface area contributed by atoms with Crippen LogP contribution in [0, 0.1) is 5.41 Å². The van der Waals surface area contributed by atoms with Gasteiger partial charge in [0.15, 0.2) is 0 Å². The Balaban J connectivity index is 1.64. The third kappa shape index (κ3) is 4.01. The minimum absolute atomic E-state index is 0.0710. The fraction of sp³-hybridized carbons (Fsp3) is 0.0870. The van der Waals surface area contributed by atoms with Crippen LogP contribution in [0.5, 0.6) is 5.75 Å². The zero-order valence-electron chi connectivity index (χ0n) is 14.8. The van der Waals surface area contributed by atoms with Gasteiger partial charge in [-0.2, -0.15) is 0 Å². The van der Waals surface area contributed by atoms with E-state index in [4.69, 9.17) is 15.9 Å². The van der Waals surface area contributed by atoms with E-state index in [2.05, 4.69) is 36.4 Å². The van der Waals surface area contributed by atoms with E-state index in [0.717, 1.165) is 32.7 Å². The van der Waals surface area contributed by atoms with Crippen LogP contribution in [0.4, 0.5) is 0 Å². The van der Waals surface area contributed by atoms with Crippen molar-refractivity contribution < 1.29 is 4.74 Å². The molecule has 4 aromatic rings. The summed E-state index contributed by atoms with van der Waals surface area (Å²) in [6.07, 6.45) is 0.727. The zero-order chi connectivity index (χ0) is 18.6. The number of nitrogen functional groups attached to an aromatic ring is 1. The molecular weight excluding hydrogens is 352 g/mol. The molecule has 3 nitrogen and oxygen atoms in total. The van der Waals surface area contributed by atoms with Crippen LogP contribution in [-0.2, 0) is 6.42 Å². The highest BCUT2D eigenvalue weighted by atomic mass is 32.1. The van der Waals surface area contributed by atoms with Gasteiger partial charge in [-0.25, -0.2) is 0 Å². The molecule has 1 unspecified atom stereocenters. The molecular formula is C23H20N2OS. The zero-order valence-corrected chi connectivity index (χ0v) is 15.6. The SMILES string of the molecule is N=C(N)c1cc2ccc(OC(Cc3ccccc3)c3ccccc3)cc2s1. The molecule has 134 valence electrons. The summed E-state index contributed by atoms with van der Waals surface area (Å²) in [6, 6.07) is 28.7. The van der Waals surface area contributed by atoms with Gasteiger partial charge in [-0.1, -0.05) is 60.7 Å². The Labute approximate surface area is 162 Å². The van der Waals surface area contributed by atoms with Crippen molar-refractivity contribution in [2.75, 3.05) is 0 Å². The van der Waals surface area contributed by atoms with Crippen LogP contribution in [0.3, 0.4) is 0 Å². The number of ether oxygens (including phenoxy) is 1. The molecule has 27 heavy (non-hydrogen) atoms. The van der Waals surface area contributed by atoms with Crippen LogP contribution >= 0.6 is 11.3 Å². The average Bonchev–Trinajstić information content (AvgIpc) is 3.13. The largest absolute Gasteiger partial charge is 0.485 e. The summed E-state index contributed by atoms with van der Waals surface area (Å²) in [7, 11) is 0. The normalized spacial score (nSPS) is 12.0. The molecule has 1 heterocycles. The van der Waals surface area contributed by atoms with Gasteiger partial charge in [0.25, 0.3) is 0 Å². The summed E-state index contributed by atoms with van der Waals surface area (Å²) >= 11 is 1.52. The number of hydrogen-bond acceptors (Lipinski definition) is 3. The quantitative estimate of drug-likeness (QED) is 0.344. The predicted molar refractivity (Wildman–Crippen MR) is 113 cm³/mol. The van der Waals surface area contributed by atoms with Gasteiger partial charge in [0.05, 0.1) is 4.88 Å². The van der Waals surface area contributed by atoms with Gasteiger partial charge in [-0.05, 0) is 40.8 Å². The molecule has 0 spiro atoms. The Morgan fingerprint density at radius 1 is 0.926 bits per heavy atom. The second-order valence-electron chi connectivity index (χ2n) is 6.43. The Morgan fingerprint density at radius 2 is 1.63 bits per heavy atom. The van der Waals surface area contributed by atoms with Crippen molar-refractivity contribution >= 4 is 27.3 Å². The molecule has 1 aromatic heterocycles. The number of hydrogen-bond donors (Lipinski definition) is 2. The highest BCUT2D eigenvalue weighted by molar-refractivity contribution is 7.20. The van der Waals surface area contributed by atoms with E-state index >= 15 is 0 Å². The van der Waals surface area contributed by atoms with Crippen LogP contribution in [0.2, 0.25) is 0 Å². The third-order valence-electron chi connectivity index (χ3n) is 4.47. The average molecular weight is 372 g/mol. The van der Waals surface area contributed by atoms with Crippen LogP contribution in [0.1, 0.15) is 22.1 Å². The molecule has 0 aliphatic carbocycles. The highest BCUT2D eigenvalue weighted by Crippen LogP contribution is 2.32. The first-order chi connectivity index (χ1) is 13.2. The first kappa shape index (κ1) is 17.3. The van der Waals surface area contributed by atoms with Gasteiger partial charge in [0, 0.05) is 11.1 Å². The number of rotatable bonds is 6. The molecule has 4 heteroatoms. The summed E-state index contributed by atoms with van der Waals surface area (Å²) in [4.78, 5) is 0.783. The van der Waals surface area contributed by atoms with E-state index in [9.17, 15) is 0 Å². The number of nitrogens with two attached hydrogens (primary N) is 1. The maximum atomic E-state index is 7.63. The Hall–Kier alpha value is -3.11. The molecule has 0 fully saturated rings. The Kier molecular flexibility index (Phi) is 4.90. The molecule has 1 atom stereocenters. The van der Waals surface area contributed by atoms with Gasteiger partial charge in [0.1, 0.15) is 17.7 Å². The summed E-state index contributed by atoms with van der Waals surface area (Å²) < 4.78 is 7.48. The molecule has 0 aliphatic heterocycles. The summed E-state index contributed by atoms with van der Waals surface area (Å²) in [6.45, 7) is 0. The van der Waals surface area contributed by atoms with Gasteiger partial charge < -0.3 is 10.5 Å². The maximum absolute atomic E-state index is 7.63. The van der Waals surface area contributed by atoms with E-state index in [1.165, 1.54) is 16.9 Å². The number of amidine groups is 1. The van der Waals surface area contributed by atoms with Gasteiger partial charge in [0.2, 0.25) is 0 Å². The second kappa shape index (κ2) is 7.64. The lowest BCUT2D eigenvalue weighted by atomic mass is 10.0. The predicted octanol–water partition coefficient (Wildman–Crippen LogP) is 5.55. The minimum atomic E-state index is -0.0710.